The molecule has 2 N–H and O–H groups in total. The topological polar surface area (TPSA) is 48.1 Å². The minimum atomic E-state index is -0.343. The van der Waals surface area contributed by atoms with Crippen molar-refractivity contribution in [2.24, 2.45) is 5.73 Å². The predicted octanol–water partition coefficient (Wildman–Crippen LogP) is 3.13. The number of rotatable bonds is 4. The molecule has 2 rings (SSSR count). The Morgan fingerprint density at radius 1 is 1.32 bits per heavy atom. The third-order valence-corrected chi connectivity index (χ3v) is 2.80. The van der Waals surface area contributed by atoms with Crippen molar-refractivity contribution < 1.29 is 9.13 Å². The molecule has 3 nitrogen and oxygen atoms in total. The smallest absolute Gasteiger partial charge is 0.131 e. The Balaban J connectivity index is 2.06. The molecule has 1 atom stereocenters. The van der Waals surface area contributed by atoms with Crippen molar-refractivity contribution in [2.75, 3.05) is 0 Å². The molecule has 1 heterocycles. The van der Waals surface area contributed by atoms with Crippen molar-refractivity contribution >= 4 is 0 Å². The molecule has 0 amide bonds. The average Bonchev–Trinajstić information content (AvgIpc) is 2.36. The van der Waals surface area contributed by atoms with Crippen LogP contribution in [0.3, 0.4) is 0 Å². The van der Waals surface area contributed by atoms with E-state index in [0.29, 0.717) is 17.9 Å². The highest BCUT2D eigenvalue weighted by molar-refractivity contribution is 5.30. The minimum absolute atomic E-state index is 0.318. The standard InChI is InChI=1S/C15H17FN2O/c1-10-4-3-5-12(18-10)9-19-13-6-7-14(11(2)17)15(16)8-13/h3-8,11H,9,17H2,1-2H3. The maximum atomic E-state index is 13.7. The van der Waals surface area contributed by atoms with Crippen molar-refractivity contribution in [3.8, 4) is 5.75 Å². The van der Waals surface area contributed by atoms with Crippen molar-refractivity contribution in [1.29, 1.82) is 0 Å². The lowest BCUT2D eigenvalue weighted by molar-refractivity contribution is 0.299. The summed E-state index contributed by atoms with van der Waals surface area (Å²) in [6, 6.07) is 10.1. The molecule has 1 aromatic heterocycles. The van der Waals surface area contributed by atoms with E-state index in [1.165, 1.54) is 6.07 Å². The number of nitrogens with two attached hydrogens (primary N) is 1. The Kier molecular flexibility index (Phi) is 4.12. The molecular weight excluding hydrogens is 243 g/mol. The molecule has 2 aromatic rings. The van der Waals surface area contributed by atoms with Gasteiger partial charge in [-0.1, -0.05) is 12.1 Å². The summed E-state index contributed by atoms with van der Waals surface area (Å²) in [5, 5.41) is 0. The van der Waals surface area contributed by atoms with Crippen molar-refractivity contribution in [2.45, 2.75) is 26.5 Å². The molecule has 0 aliphatic rings. The average molecular weight is 260 g/mol. The SMILES string of the molecule is Cc1cccc(COc2ccc(C(C)N)c(F)c2)n1. The zero-order chi connectivity index (χ0) is 13.8. The van der Waals surface area contributed by atoms with Crippen molar-refractivity contribution in [3.63, 3.8) is 0 Å². The van der Waals surface area contributed by atoms with Crippen LogP contribution in [0.25, 0.3) is 0 Å². The molecule has 0 fully saturated rings. The number of nitrogens with zero attached hydrogens (tertiary/aromatic N) is 1. The number of aromatic nitrogens is 1. The summed E-state index contributed by atoms with van der Waals surface area (Å²) >= 11 is 0. The van der Waals surface area contributed by atoms with Gasteiger partial charge in [-0.25, -0.2) is 4.39 Å². The Hall–Kier alpha value is -1.94. The zero-order valence-electron chi connectivity index (χ0n) is 11.1. The molecule has 1 unspecified atom stereocenters. The van der Waals surface area contributed by atoms with Gasteiger partial charge in [0.2, 0.25) is 0 Å². The van der Waals surface area contributed by atoms with Crippen LogP contribution in [0, 0.1) is 12.7 Å². The third-order valence-electron chi connectivity index (χ3n) is 2.80. The summed E-state index contributed by atoms with van der Waals surface area (Å²) in [4.78, 5) is 4.32. The van der Waals surface area contributed by atoms with Crippen LogP contribution in [-0.4, -0.2) is 4.98 Å². The molecule has 0 saturated heterocycles. The van der Waals surface area contributed by atoms with E-state index < -0.39 is 0 Å². The Labute approximate surface area is 112 Å². The molecule has 0 bridgehead atoms. The quantitative estimate of drug-likeness (QED) is 0.918. The monoisotopic (exact) mass is 260 g/mol. The first-order valence-electron chi connectivity index (χ1n) is 6.16. The van der Waals surface area contributed by atoms with Crippen molar-refractivity contribution in [3.05, 3.63) is 59.2 Å². The summed E-state index contributed by atoms with van der Waals surface area (Å²) in [7, 11) is 0. The lowest BCUT2D eigenvalue weighted by atomic mass is 10.1. The zero-order valence-corrected chi connectivity index (χ0v) is 11.1. The highest BCUT2D eigenvalue weighted by atomic mass is 19.1. The number of benzene rings is 1. The number of hydrogen-bond donors (Lipinski definition) is 1. The predicted molar refractivity (Wildman–Crippen MR) is 72.3 cm³/mol. The lowest BCUT2D eigenvalue weighted by Crippen LogP contribution is -2.07. The van der Waals surface area contributed by atoms with Gasteiger partial charge in [0, 0.05) is 23.4 Å². The molecule has 19 heavy (non-hydrogen) atoms. The van der Waals surface area contributed by atoms with Crippen LogP contribution in [0.2, 0.25) is 0 Å². The first-order chi connectivity index (χ1) is 9.06. The first kappa shape index (κ1) is 13.5. The third kappa shape index (κ3) is 3.51. The van der Waals surface area contributed by atoms with Crippen LogP contribution in [0.1, 0.15) is 29.9 Å². The molecule has 4 heteroatoms. The molecule has 0 spiro atoms. The summed E-state index contributed by atoms with van der Waals surface area (Å²) in [6.07, 6.45) is 0. The van der Waals surface area contributed by atoms with E-state index >= 15 is 0 Å². The van der Waals surface area contributed by atoms with Gasteiger partial charge in [0.1, 0.15) is 18.2 Å². The normalized spacial score (nSPS) is 12.2. The van der Waals surface area contributed by atoms with E-state index in [0.717, 1.165) is 11.4 Å². The number of hydrogen-bond acceptors (Lipinski definition) is 3. The van der Waals surface area contributed by atoms with Crippen LogP contribution in [-0.2, 0) is 6.61 Å². The molecule has 0 aliphatic carbocycles. The van der Waals surface area contributed by atoms with Gasteiger partial charge in [-0.05, 0) is 32.0 Å². The van der Waals surface area contributed by atoms with Crippen LogP contribution >= 0.6 is 0 Å². The van der Waals surface area contributed by atoms with Gasteiger partial charge >= 0.3 is 0 Å². The summed E-state index contributed by atoms with van der Waals surface area (Å²) in [5.74, 6) is 0.134. The van der Waals surface area contributed by atoms with E-state index in [2.05, 4.69) is 4.98 Å². The van der Waals surface area contributed by atoms with Gasteiger partial charge in [0.05, 0.1) is 5.69 Å². The number of ether oxygens (including phenoxy) is 1. The maximum Gasteiger partial charge on any atom is 0.131 e. The lowest BCUT2D eigenvalue weighted by Gasteiger charge is -2.10. The van der Waals surface area contributed by atoms with Gasteiger partial charge in [-0.2, -0.15) is 0 Å². The van der Waals surface area contributed by atoms with E-state index in [9.17, 15) is 4.39 Å². The van der Waals surface area contributed by atoms with E-state index in [-0.39, 0.29) is 11.9 Å². The fraction of sp³-hybridized carbons (Fsp3) is 0.267. The molecule has 0 saturated carbocycles. The van der Waals surface area contributed by atoms with Gasteiger partial charge < -0.3 is 10.5 Å². The Morgan fingerprint density at radius 2 is 2.11 bits per heavy atom. The molecule has 1 aromatic carbocycles. The fourth-order valence-electron chi connectivity index (χ4n) is 1.80. The van der Waals surface area contributed by atoms with Gasteiger partial charge in [0.25, 0.3) is 0 Å². The highest BCUT2D eigenvalue weighted by Crippen LogP contribution is 2.21. The van der Waals surface area contributed by atoms with Gasteiger partial charge in [-0.15, -0.1) is 0 Å². The molecule has 0 radical (unpaired) electrons. The van der Waals surface area contributed by atoms with Crippen LogP contribution in [0.15, 0.2) is 36.4 Å². The maximum absolute atomic E-state index is 13.7. The van der Waals surface area contributed by atoms with Crippen LogP contribution in [0.5, 0.6) is 5.75 Å². The van der Waals surface area contributed by atoms with Crippen molar-refractivity contribution in [1.82, 2.24) is 4.98 Å². The van der Waals surface area contributed by atoms with Crippen LogP contribution < -0.4 is 10.5 Å². The second-order valence-corrected chi connectivity index (χ2v) is 4.53. The number of pyridine rings is 1. The van der Waals surface area contributed by atoms with Gasteiger partial charge in [-0.3, -0.25) is 4.98 Å². The van der Waals surface area contributed by atoms with Gasteiger partial charge in [0.15, 0.2) is 0 Å². The highest BCUT2D eigenvalue weighted by Gasteiger charge is 2.08. The second kappa shape index (κ2) is 5.80. The largest absolute Gasteiger partial charge is 0.487 e. The number of halogens is 1. The van der Waals surface area contributed by atoms with E-state index in [1.54, 1.807) is 19.1 Å². The second-order valence-electron chi connectivity index (χ2n) is 4.53. The fourth-order valence-corrected chi connectivity index (χ4v) is 1.80. The number of aryl methyl sites for hydroxylation is 1. The Bertz CT molecular complexity index is 570. The molecular formula is C15H17FN2O. The first-order valence-corrected chi connectivity index (χ1v) is 6.16. The van der Waals surface area contributed by atoms with E-state index in [1.807, 2.05) is 25.1 Å². The summed E-state index contributed by atoms with van der Waals surface area (Å²) in [5.41, 5.74) is 7.89. The summed E-state index contributed by atoms with van der Waals surface area (Å²) in [6.45, 7) is 3.98. The summed E-state index contributed by atoms with van der Waals surface area (Å²) < 4.78 is 19.2. The minimum Gasteiger partial charge on any atom is -0.487 e. The van der Waals surface area contributed by atoms with Crippen LogP contribution in [0.4, 0.5) is 4.39 Å². The molecule has 0 aliphatic heterocycles. The Morgan fingerprint density at radius 3 is 2.74 bits per heavy atom. The van der Waals surface area contributed by atoms with E-state index in [4.69, 9.17) is 10.5 Å². The molecule has 100 valence electrons.